The van der Waals surface area contributed by atoms with Crippen LogP contribution in [0.15, 0.2) is 109 Å². The third-order valence-electron chi connectivity index (χ3n) is 6.71. The highest BCUT2D eigenvalue weighted by atomic mass is 15.0. The van der Waals surface area contributed by atoms with E-state index in [4.69, 9.17) is 6.57 Å². The van der Waals surface area contributed by atoms with Crippen LogP contribution in [0.5, 0.6) is 0 Å². The summed E-state index contributed by atoms with van der Waals surface area (Å²) in [6.07, 6.45) is 0. The average molecular weight is 471 g/mol. The Morgan fingerprint density at radius 2 is 1.24 bits per heavy atom. The van der Waals surface area contributed by atoms with Gasteiger partial charge in [0.2, 0.25) is 0 Å². The summed E-state index contributed by atoms with van der Waals surface area (Å²) >= 11 is 0. The first-order chi connectivity index (χ1) is 18.2. The van der Waals surface area contributed by atoms with Crippen LogP contribution >= 0.6 is 0 Å². The van der Waals surface area contributed by atoms with Crippen molar-refractivity contribution in [3.05, 3.63) is 132 Å². The van der Waals surface area contributed by atoms with Crippen LogP contribution in [0.4, 0.5) is 5.69 Å². The SMILES string of the molecule is [C-]#[N+]c1cccc(C#N)c1-c1ccc2c(c1)c1cc(-c3ccccc3C#N)ccc1n2-c1ccccc1. The highest BCUT2D eigenvalue weighted by molar-refractivity contribution is 6.12. The molecule has 6 aromatic rings. The zero-order valence-electron chi connectivity index (χ0n) is 19.7. The first-order valence-corrected chi connectivity index (χ1v) is 11.8. The smallest absolute Gasteiger partial charge is 0.196 e. The number of nitriles is 2. The van der Waals surface area contributed by atoms with Gasteiger partial charge < -0.3 is 4.57 Å². The second-order valence-electron chi connectivity index (χ2n) is 8.72. The molecular weight excluding hydrogens is 452 g/mol. The molecule has 0 atom stereocenters. The summed E-state index contributed by atoms with van der Waals surface area (Å²) in [5, 5.41) is 21.5. The molecule has 0 saturated carbocycles. The quantitative estimate of drug-likeness (QED) is 0.244. The average Bonchev–Trinajstić information content (AvgIpc) is 3.30. The van der Waals surface area contributed by atoms with E-state index >= 15 is 0 Å². The summed E-state index contributed by atoms with van der Waals surface area (Å²) in [7, 11) is 0. The molecule has 0 aliphatic heterocycles. The lowest BCUT2D eigenvalue weighted by molar-refractivity contribution is 1.18. The minimum atomic E-state index is 0.453. The minimum absolute atomic E-state index is 0.453. The van der Waals surface area contributed by atoms with Gasteiger partial charge in [-0.2, -0.15) is 10.5 Å². The molecule has 0 saturated heterocycles. The van der Waals surface area contributed by atoms with Crippen LogP contribution in [-0.2, 0) is 0 Å². The molecule has 1 heterocycles. The molecule has 0 aliphatic carbocycles. The van der Waals surface area contributed by atoms with Crippen LogP contribution in [-0.4, -0.2) is 4.57 Å². The van der Waals surface area contributed by atoms with Crippen LogP contribution in [0, 0.1) is 29.2 Å². The summed E-state index contributed by atoms with van der Waals surface area (Å²) in [6.45, 7) is 7.66. The molecule has 1 aromatic heterocycles. The molecule has 0 aliphatic rings. The molecule has 0 amide bonds. The van der Waals surface area contributed by atoms with Gasteiger partial charge in [-0.25, -0.2) is 4.85 Å². The van der Waals surface area contributed by atoms with E-state index < -0.39 is 0 Å². The molecule has 5 aromatic carbocycles. The zero-order valence-corrected chi connectivity index (χ0v) is 19.7. The van der Waals surface area contributed by atoms with Crippen molar-refractivity contribution in [3.63, 3.8) is 0 Å². The summed E-state index contributed by atoms with van der Waals surface area (Å²) in [5.41, 5.74) is 7.97. The second kappa shape index (κ2) is 8.86. The summed E-state index contributed by atoms with van der Waals surface area (Å²) in [4.78, 5) is 3.69. The third-order valence-corrected chi connectivity index (χ3v) is 6.71. The van der Waals surface area contributed by atoms with Gasteiger partial charge in [0.15, 0.2) is 5.69 Å². The van der Waals surface area contributed by atoms with Gasteiger partial charge in [0, 0.05) is 27.6 Å². The van der Waals surface area contributed by atoms with Crippen molar-refractivity contribution in [1.82, 2.24) is 4.57 Å². The van der Waals surface area contributed by atoms with Gasteiger partial charge in [-0.1, -0.05) is 60.7 Å². The number of aromatic nitrogens is 1. The predicted octanol–water partition coefficient (Wildman–Crippen LogP) is 8.41. The molecule has 0 unspecified atom stereocenters. The maximum absolute atomic E-state index is 9.77. The fourth-order valence-corrected chi connectivity index (χ4v) is 5.06. The summed E-state index contributed by atoms with van der Waals surface area (Å²) < 4.78 is 2.22. The molecule has 0 N–H and O–H groups in total. The first-order valence-electron chi connectivity index (χ1n) is 11.8. The van der Waals surface area contributed by atoms with Gasteiger partial charge in [-0.3, -0.25) is 0 Å². The lowest BCUT2D eigenvalue weighted by Gasteiger charge is -2.09. The predicted molar refractivity (Wildman–Crippen MR) is 147 cm³/mol. The van der Waals surface area contributed by atoms with Crippen LogP contribution in [0.1, 0.15) is 11.1 Å². The van der Waals surface area contributed by atoms with Crippen molar-refractivity contribution in [3.8, 4) is 40.1 Å². The summed E-state index contributed by atoms with van der Waals surface area (Å²) in [6, 6.07) is 40.0. The fourth-order valence-electron chi connectivity index (χ4n) is 5.06. The molecule has 4 nitrogen and oxygen atoms in total. The number of benzene rings is 5. The van der Waals surface area contributed by atoms with E-state index in [0.29, 0.717) is 22.4 Å². The number of para-hydroxylation sites is 1. The van der Waals surface area contributed by atoms with E-state index in [1.54, 1.807) is 18.2 Å². The van der Waals surface area contributed by atoms with Crippen molar-refractivity contribution in [2.45, 2.75) is 0 Å². The van der Waals surface area contributed by atoms with E-state index in [1.807, 2.05) is 48.5 Å². The largest absolute Gasteiger partial charge is 0.309 e. The standard InChI is InChI=1S/C33H18N4/c1-36-30-13-7-9-25(21-35)33(30)23-15-17-32-29(19-23)28-18-22(27-12-6-5-8-24(27)20-34)14-16-31(28)37(32)26-10-3-2-4-11-26/h2-19H. The molecular formula is C33H18N4. The number of rotatable bonds is 3. The van der Waals surface area contributed by atoms with Crippen molar-refractivity contribution in [1.29, 1.82) is 10.5 Å². The molecule has 37 heavy (non-hydrogen) atoms. The lowest BCUT2D eigenvalue weighted by Crippen LogP contribution is -1.93. The Morgan fingerprint density at radius 1 is 0.622 bits per heavy atom. The third kappa shape index (κ3) is 3.52. The van der Waals surface area contributed by atoms with Crippen LogP contribution in [0.2, 0.25) is 0 Å². The van der Waals surface area contributed by atoms with E-state index in [2.05, 4.69) is 64.0 Å². The Kier molecular flexibility index (Phi) is 5.24. The Bertz CT molecular complexity index is 1930. The number of nitrogens with zero attached hydrogens (tertiary/aromatic N) is 4. The van der Waals surface area contributed by atoms with Crippen molar-refractivity contribution < 1.29 is 0 Å². The molecule has 0 fully saturated rings. The van der Waals surface area contributed by atoms with E-state index in [-0.39, 0.29) is 0 Å². The molecule has 0 spiro atoms. The lowest BCUT2D eigenvalue weighted by atomic mass is 9.95. The van der Waals surface area contributed by atoms with Gasteiger partial charge in [0.25, 0.3) is 0 Å². The highest BCUT2D eigenvalue weighted by Gasteiger charge is 2.17. The molecule has 0 bridgehead atoms. The second-order valence-corrected chi connectivity index (χ2v) is 8.72. The topological polar surface area (TPSA) is 56.9 Å². The van der Waals surface area contributed by atoms with Crippen molar-refractivity contribution in [2.24, 2.45) is 0 Å². The number of hydrogen-bond donors (Lipinski definition) is 0. The van der Waals surface area contributed by atoms with Gasteiger partial charge in [-0.05, 0) is 65.2 Å². The van der Waals surface area contributed by atoms with Crippen LogP contribution < -0.4 is 0 Å². The molecule has 4 heteroatoms. The van der Waals surface area contributed by atoms with Crippen LogP contribution in [0.25, 0.3) is 54.6 Å². The number of hydrogen-bond acceptors (Lipinski definition) is 2. The monoisotopic (exact) mass is 470 g/mol. The van der Waals surface area contributed by atoms with Crippen molar-refractivity contribution >= 4 is 27.5 Å². The van der Waals surface area contributed by atoms with E-state index in [9.17, 15) is 10.5 Å². The Hall–Kier alpha value is -5.63. The maximum Gasteiger partial charge on any atom is 0.196 e. The number of fused-ring (bicyclic) bond motifs is 3. The fraction of sp³-hybridized carbons (Fsp3) is 0. The van der Waals surface area contributed by atoms with Gasteiger partial charge in [-0.15, -0.1) is 0 Å². The van der Waals surface area contributed by atoms with Gasteiger partial charge in [0.1, 0.15) is 0 Å². The molecule has 170 valence electrons. The van der Waals surface area contributed by atoms with Gasteiger partial charge >= 0.3 is 0 Å². The minimum Gasteiger partial charge on any atom is -0.309 e. The highest BCUT2D eigenvalue weighted by Crippen LogP contribution is 2.40. The Morgan fingerprint density at radius 3 is 1.95 bits per heavy atom. The Balaban J connectivity index is 1.70. The molecule has 6 rings (SSSR count). The summed E-state index contributed by atoms with van der Waals surface area (Å²) in [5.74, 6) is 0. The van der Waals surface area contributed by atoms with E-state index in [1.165, 1.54) is 0 Å². The maximum atomic E-state index is 9.77. The first kappa shape index (κ1) is 21.9. The Labute approximate surface area is 214 Å². The van der Waals surface area contributed by atoms with Crippen molar-refractivity contribution in [2.75, 3.05) is 0 Å². The van der Waals surface area contributed by atoms with E-state index in [0.717, 1.165) is 44.2 Å². The van der Waals surface area contributed by atoms with Crippen LogP contribution in [0.3, 0.4) is 0 Å². The zero-order chi connectivity index (χ0) is 25.4. The van der Waals surface area contributed by atoms with Gasteiger partial charge in [0.05, 0.1) is 35.3 Å². The molecule has 0 radical (unpaired) electrons. The normalized spacial score (nSPS) is 10.6.